The van der Waals surface area contributed by atoms with E-state index in [1.165, 1.54) is 0 Å². The van der Waals surface area contributed by atoms with Crippen LogP contribution in [-0.4, -0.2) is 0 Å². The SMILES string of the molecule is C=C1C#CC1. The Labute approximate surface area is 31.5 Å². The summed E-state index contributed by atoms with van der Waals surface area (Å²) in [5.74, 6) is 5.58. The quantitative estimate of drug-likeness (QED) is 0.368. The second kappa shape index (κ2) is 0.621. The van der Waals surface area contributed by atoms with Crippen molar-refractivity contribution in [3.8, 4) is 11.8 Å². The summed E-state index contributed by atoms with van der Waals surface area (Å²) in [7, 11) is 0. The van der Waals surface area contributed by atoms with Gasteiger partial charge in [0.05, 0.1) is 0 Å². The number of allylic oxidation sites excluding steroid dienone is 1. The second-order valence-corrected chi connectivity index (χ2v) is 1.08. The highest BCUT2D eigenvalue weighted by Crippen LogP contribution is 2.00. The zero-order valence-electron chi connectivity index (χ0n) is 2.91. The van der Waals surface area contributed by atoms with E-state index < -0.39 is 0 Å². The van der Waals surface area contributed by atoms with Gasteiger partial charge in [0.1, 0.15) is 0 Å². The van der Waals surface area contributed by atoms with Gasteiger partial charge in [-0.2, -0.15) is 0 Å². The van der Waals surface area contributed by atoms with Gasteiger partial charge in [-0.1, -0.05) is 18.4 Å². The first-order valence-corrected chi connectivity index (χ1v) is 1.56. The molecule has 0 heteroatoms. The van der Waals surface area contributed by atoms with Crippen LogP contribution in [0.2, 0.25) is 0 Å². The van der Waals surface area contributed by atoms with Gasteiger partial charge in [0.15, 0.2) is 0 Å². The van der Waals surface area contributed by atoms with Gasteiger partial charge in [-0.05, 0) is 0 Å². The number of hydrogen-bond donors (Lipinski definition) is 0. The molecule has 0 aromatic heterocycles. The maximum absolute atomic E-state index is 3.59. The van der Waals surface area contributed by atoms with Gasteiger partial charge in [-0.25, -0.2) is 0 Å². The van der Waals surface area contributed by atoms with Crippen LogP contribution in [-0.2, 0) is 0 Å². The molecule has 0 aromatic rings. The van der Waals surface area contributed by atoms with Gasteiger partial charge in [-0.15, -0.1) is 0 Å². The average Bonchev–Trinajstić information content (AvgIpc) is 1.30. The Morgan fingerprint density at radius 3 is 2.20 bits per heavy atom. The van der Waals surface area contributed by atoms with Crippen molar-refractivity contribution in [2.75, 3.05) is 0 Å². The molecule has 0 fully saturated rings. The first-order chi connectivity index (χ1) is 2.39. The van der Waals surface area contributed by atoms with Crippen LogP contribution < -0.4 is 0 Å². The summed E-state index contributed by atoms with van der Waals surface area (Å²) in [5, 5.41) is 0. The lowest BCUT2D eigenvalue weighted by atomic mass is 10.1. The highest BCUT2D eigenvalue weighted by molar-refractivity contribution is 5.38. The fourth-order valence-corrected chi connectivity index (χ4v) is 0.213. The Bertz CT molecular complexity index is 110. The molecule has 5 heavy (non-hydrogen) atoms. The predicted octanol–water partition coefficient (Wildman–Crippen LogP) is 0.950. The fourth-order valence-electron chi connectivity index (χ4n) is 0.213. The monoisotopic (exact) mass is 64.0 g/mol. The molecule has 0 N–H and O–H groups in total. The minimum Gasteiger partial charge on any atom is -0.0928 e. The summed E-state index contributed by atoms with van der Waals surface area (Å²) in [4.78, 5) is 0. The van der Waals surface area contributed by atoms with Crippen molar-refractivity contribution in [3.05, 3.63) is 12.2 Å². The number of rotatable bonds is 0. The Kier molecular flexibility index (Phi) is 0.315. The molecule has 0 unspecified atom stereocenters. The van der Waals surface area contributed by atoms with Gasteiger partial charge in [0.25, 0.3) is 0 Å². The summed E-state index contributed by atoms with van der Waals surface area (Å²) >= 11 is 0. The topological polar surface area (TPSA) is 0 Å². The molecule has 24 valence electrons. The summed E-state index contributed by atoms with van der Waals surface area (Å²) in [5.41, 5.74) is 1.07. The third kappa shape index (κ3) is 0.199. The number of hydrogen-bond acceptors (Lipinski definition) is 0. The van der Waals surface area contributed by atoms with Crippen molar-refractivity contribution in [2.45, 2.75) is 6.42 Å². The van der Waals surface area contributed by atoms with Gasteiger partial charge >= 0.3 is 0 Å². The average molecular weight is 64.1 g/mol. The molecule has 0 radical (unpaired) electrons. The van der Waals surface area contributed by atoms with Crippen molar-refractivity contribution in [3.63, 3.8) is 0 Å². The fraction of sp³-hybridized carbons (Fsp3) is 0.200. The molecule has 0 aromatic carbocycles. The van der Waals surface area contributed by atoms with Crippen molar-refractivity contribution in [2.24, 2.45) is 0 Å². The maximum Gasteiger partial charge on any atom is 0.0417 e. The van der Waals surface area contributed by atoms with E-state index >= 15 is 0 Å². The lowest BCUT2D eigenvalue weighted by molar-refractivity contribution is 1.32. The highest BCUT2D eigenvalue weighted by Gasteiger charge is 1.88. The van der Waals surface area contributed by atoms with Crippen LogP contribution in [0.3, 0.4) is 0 Å². The molecule has 0 nitrogen and oxygen atoms in total. The van der Waals surface area contributed by atoms with Crippen LogP contribution in [0.15, 0.2) is 12.2 Å². The van der Waals surface area contributed by atoms with Crippen LogP contribution in [0.25, 0.3) is 0 Å². The lowest BCUT2D eigenvalue weighted by Gasteiger charge is -1.92. The molecule has 0 amide bonds. The van der Waals surface area contributed by atoms with E-state index in [2.05, 4.69) is 18.4 Å². The van der Waals surface area contributed by atoms with Crippen LogP contribution in [0.4, 0.5) is 0 Å². The molecule has 0 aliphatic heterocycles. The Balaban J connectivity index is 2.87. The summed E-state index contributed by atoms with van der Waals surface area (Å²) < 4.78 is 0. The largest absolute Gasteiger partial charge is 0.0928 e. The first kappa shape index (κ1) is 2.53. The molecule has 0 saturated heterocycles. The van der Waals surface area contributed by atoms with Crippen LogP contribution in [0.5, 0.6) is 0 Å². The van der Waals surface area contributed by atoms with Crippen molar-refractivity contribution < 1.29 is 0 Å². The normalized spacial score (nSPS) is 15.6. The standard InChI is InChI=1S/C5H4/c1-5-3-2-4-5/h1,3H2. The van der Waals surface area contributed by atoms with Gasteiger partial charge < -0.3 is 0 Å². The molecule has 1 aliphatic rings. The summed E-state index contributed by atoms with van der Waals surface area (Å²) in [6, 6.07) is 0. The molecule has 1 aliphatic carbocycles. The van der Waals surface area contributed by atoms with Crippen LogP contribution >= 0.6 is 0 Å². The van der Waals surface area contributed by atoms with Crippen LogP contribution in [0, 0.1) is 11.8 Å². The van der Waals surface area contributed by atoms with E-state index in [-0.39, 0.29) is 0 Å². The minimum absolute atomic E-state index is 0.931. The lowest BCUT2D eigenvalue weighted by Crippen LogP contribution is -1.80. The van der Waals surface area contributed by atoms with E-state index in [0.717, 1.165) is 12.0 Å². The van der Waals surface area contributed by atoms with E-state index in [1.807, 2.05) is 0 Å². The Morgan fingerprint density at radius 1 is 1.80 bits per heavy atom. The van der Waals surface area contributed by atoms with E-state index in [9.17, 15) is 0 Å². The minimum atomic E-state index is 0.931. The molecule has 1 rings (SSSR count). The molecule has 0 bridgehead atoms. The first-order valence-electron chi connectivity index (χ1n) is 1.56. The van der Waals surface area contributed by atoms with Gasteiger partial charge in [0, 0.05) is 12.0 Å². The molecular weight excluding hydrogens is 60.1 g/mol. The summed E-state index contributed by atoms with van der Waals surface area (Å²) in [6.45, 7) is 3.59. The zero-order valence-corrected chi connectivity index (χ0v) is 2.91. The smallest absolute Gasteiger partial charge is 0.0417 e. The molecule has 0 spiro atoms. The second-order valence-electron chi connectivity index (χ2n) is 1.08. The third-order valence-electron chi connectivity index (χ3n) is 0.567. The van der Waals surface area contributed by atoms with Gasteiger partial charge in [-0.3, -0.25) is 0 Å². The summed E-state index contributed by atoms with van der Waals surface area (Å²) in [6.07, 6.45) is 0.931. The third-order valence-corrected chi connectivity index (χ3v) is 0.567. The van der Waals surface area contributed by atoms with Crippen molar-refractivity contribution in [1.29, 1.82) is 0 Å². The van der Waals surface area contributed by atoms with Crippen LogP contribution in [0.1, 0.15) is 6.42 Å². The molecule has 0 heterocycles. The van der Waals surface area contributed by atoms with Crippen molar-refractivity contribution >= 4 is 0 Å². The highest BCUT2D eigenvalue weighted by atomic mass is 13.9. The Morgan fingerprint density at radius 2 is 2.20 bits per heavy atom. The van der Waals surface area contributed by atoms with Crippen molar-refractivity contribution in [1.82, 2.24) is 0 Å². The Hall–Kier alpha value is -0.700. The zero-order chi connectivity index (χ0) is 3.70. The molecular formula is C5H4. The van der Waals surface area contributed by atoms with E-state index in [4.69, 9.17) is 0 Å². The molecule has 0 atom stereocenters. The predicted molar refractivity (Wildman–Crippen MR) is 21.5 cm³/mol. The van der Waals surface area contributed by atoms with E-state index in [1.54, 1.807) is 0 Å². The molecule has 0 saturated carbocycles. The van der Waals surface area contributed by atoms with Gasteiger partial charge in [0.2, 0.25) is 0 Å². The maximum atomic E-state index is 3.59. The van der Waals surface area contributed by atoms with E-state index in [0.29, 0.717) is 0 Å².